The van der Waals surface area contributed by atoms with E-state index in [0.29, 0.717) is 5.69 Å². The molecule has 0 atom stereocenters. The molecule has 0 unspecified atom stereocenters. The number of rotatable bonds is 5. The molecule has 7 nitrogen and oxygen atoms in total. The van der Waals surface area contributed by atoms with Crippen LogP contribution >= 0.6 is 0 Å². The standard InChI is InChI=1S/C13H17N5O2S/c1-3-10-4-6-11(7-5-10)18(2)21(19,20)12-8-15-13(17-14)16-9-12/h4-9H,3,14H2,1-2H3,(H,15,16,17). The Hall–Kier alpha value is -2.19. The SMILES string of the molecule is CCc1ccc(N(C)S(=O)(=O)c2cnc(NN)nc2)cc1. The van der Waals surface area contributed by atoms with E-state index in [9.17, 15) is 8.42 Å². The molecule has 0 spiro atoms. The van der Waals surface area contributed by atoms with Crippen LogP contribution in [0.5, 0.6) is 0 Å². The molecular weight excluding hydrogens is 290 g/mol. The third-order valence-electron chi connectivity index (χ3n) is 3.12. The number of nitrogens with two attached hydrogens (primary N) is 1. The topological polar surface area (TPSA) is 101 Å². The van der Waals surface area contributed by atoms with Gasteiger partial charge in [0.25, 0.3) is 10.0 Å². The van der Waals surface area contributed by atoms with E-state index >= 15 is 0 Å². The van der Waals surface area contributed by atoms with Crippen molar-refractivity contribution in [3.8, 4) is 0 Å². The lowest BCUT2D eigenvalue weighted by atomic mass is 10.1. The smallest absolute Gasteiger partial charge is 0.267 e. The average Bonchev–Trinajstić information content (AvgIpc) is 2.54. The van der Waals surface area contributed by atoms with Crippen LogP contribution in [0.4, 0.5) is 11.6 Å². The van der Waals surface area contributed by atoms with Gasteiger partial charge in [0.15, 0.2) is 0 Å². The molecule has 0 radical (unpaired) electrons. The zero-order valence-corrected chi connectivity index (χ0v) is 12.6. The number of hydrogen-bond donors (Lipinski definition) is 2. The first-order valence-electron chi connectivity index (χ1n) is 6.35. The first-order valence-corrected chi connectivity index (χ1v) is 7.79. The second-order valence-electron chi connectivity index (χ2n) is 4.38. The minimum Gasteiger partial charge on any atom is -0.292 e. The summed E-state index contributed by atoms with van der Waals surface area (Å²) < 4.78 is 26.2. The highest BCUT2D eigenvalue weighted by Gasteiger charge is 2.22. The van der Waals surface area contributed by atoms with E-state index in [1.807, 2.05) is 19.1 Å². The number of nitrogen functional groups attached to an aromatic ring is 1. The third kappa shape index (κ3) is 3.11. The number of nitrogens with zero attached hydrogens (tertiary/aromatic N) is 3. The van der Waals surface area contributed by atoms with Crippen molar-refractivity contribution in [2.45, 2.75) is 18.2 Å². The van der Waals surface area contributed by atoms with Crippen LogP contribution in [0.1, 0.15) is 12.5 Å². The maximum atomic E-state index is 12.5. The van der Waals surface area contributed by atoms with Crippen molar-refractivity contribution < 1.29 is 8.42 Å². The van der Waals surface area contributed by atoms with E-state index < -0.39 is 10.0 Å². The second-order valence-corrected chi connectivity index (χ2v) is 6.35. The Labute approximate surface area is 123 Å². The number of anilines is 2. The number of aryl methyl sites for hydroxylation is 1. The molecule has 21 heavy (non-hydrogen) atoms. The summed E-state index contributed by atoms with van der Waals surface area (Å²) in [5.74, 6) is 5.31. The molecule has 112 valence electrons. The molecule has 0 aliphatic heterocycles. The molecule has 8 heteroatoms. The number of sulfonamides is 1. The Morgan fingerprint density at radius 1 is 1.19 bits per heavy atom. The predicted octanol–water partition coefficient (Wildman–Crippen LogP) is 1.15. The van der Waals surface area contributed by atoms with Gasteiger partial charge in [-0.25, -0.2) is 24.2 Å². The molecule has 2 aromatic rings. The van der Waals surface area contributed by atoms with E-state index in [1.54, 1.807) is 12.1 Å². The van der Waals surface area contributed by atoms with Crippen LogP contribution in [0, 0.1) is 0 Å². The van der Waals surface area contributed by atoms with Gasteiger partial charge in [-0.2, -0.15) is 0 Å². The summed E-state index contributed by atoms with van der Waals surface area (Å²) in [5.41, 5.74) is 3.97. The molecule has 1 heterocycles. The van der Waals surface area contributed by atoms with E-state index in [0.717, 1.165) is 12.0 Å². The zero-order valence-electron chi connectivity index (χ0n) is 11.8. The van der Waals surface area contributed by atoms with E-state index in [4.69, 9.17) is 5.84 Å². The molecule has 3 N–H and O–H groups in total. The van der Waals surface area contributed by atoms with Crippen molar-refractivity contribution in [2.24, 2.45) is 5.84 Å². The van der Waals surface area contributed by atoms with E-state index in [2.05, 4.69) is 15.4 Å². The molecule has 0 saturated carbocycles. The number of hydrogen-bond acceptors (Lipinski definition) is 6. The summed E-state index contributed by atoms with van der Waals surface area (Å²) in [6, 6.07) is 7.35. The van der Waals surface area contributed by atoms with Crippen molar-refractivity contribution in [3.63, 3.8) is 0 Å². The fourth-order valence-electron chi connectivity index (χ4n) is 1.76. The molecule has 1 aromatic carbocycles. The van der Waals surface area contributed by atoms with Gasteiger partial charge in [-0.05, 0) is 24.1 Å². The summed E-state index contributed by atoms with van der Waals surface area (Å²) in [6.07, 6.45) is 3.33. The van der Waals surface area contributed by atoms with Crippen LogP contribution in [0.3, 0.4) is 0 Å². The monoisotopic (exact) mass is 307 g/mol. The van der Waals surface area contributed by atoms with E-state index in [1.165, 1.54) is 23.7 Å². The molecule has 0 fully saturated rings. The Morgan fingerprint density at radius 3 is 2.24 bits per heavy atom. The zero-order chi connectivity index (χ0) is 15.5. The van der Waals surface area contributed by atoms with Crippen LogP contribution in [0.2, 0.25) is 0 Å². The number of hydrazine groups is 1. The second kappa shape index (κ2) is 6.06. The summed E-state index contributed by atoms with van der Waals surface area (Å²) in [4.78, 5) is 7.63. The number of benzene rings is 1. The molecule has 0 bridgehead atoms. The highest BCUT2D eigenvalue weighted by Crippen LogP contribution is 2.21. The van der Waals surface area contributed by atoms with Gasteiger partial charge in [0, 0.05) is 7.05 Å². The molecule has 0 aliphatic carbocycles. The van der Waals surface area contributed by atoms with Gasteiger partial charge in [-0.3, -0.25) is 9.73 Å². The lowest BCUT2D eigenvalue weighted by Gasteiger charge is -2.19. The van der Waals surface area contributed by atoms with Crippen molar-refractivity contribution in [1.29, 1.82) is 0 Å². The van der Waals surface area contributed by atoms with Crippen LogP contribution < -0.4 is 15.6 Å². The van der Waals surface area contributed by atoms with Crippen LogP contribution in [-0.2, 0) is 16.4 Å². The lowest BCUT2D eigenvalue weighted by molar-refractivity contribution is 0.593. The molecule has 0 aliphatic rings. The highest BCUT2D eigenvalue weighted by atomic mass is 32.2. The first-order chi connectivity index (χ1) is 9.98. The van der Waals surface area contributed by atoms with Gasteiger partial charge in [-0.1, -0.05) is 19.1 Å². The number of nitrogens with one attached hydrogen (secondary N) is 1. The summed E-state index contributed by atoms with van der Waals surface area (Å²) in [6.45, 7) is 2.04. The quantitative estimate of drug-likeness (QED) is 0.635. The Balaban J connectivity index is 2.32. The van der Waals surface area contributed by atoms with Gasteiger partial charge in [-0.15, -0.1) is 0 Å². The number of aromatic nitrogens is 2. The van der Waals surface area contributed by atoms with Crippen LogP contribution in [-0.4, -0.2) is 25.4 Å². The molecule has 0 amide bonds. The average molecular weight is 307 g/mol. The molecule has 0 saturated heterocycles. The summed E-state index contributed by atoms with van der Waals surface area (Å²) in [7, 11) is -2.21. The highest BCUT2D eigenvalue weighted by molar-refractivity contribution is 7.92. The maximum absolute atomic E-state index is 12.5. The summed E-state index contributed by atoms with van der Waals surface area (Å²) >= 11 is 0. The molecule has 2 rings (SSSR count). The fraction of sp³-hybridized carbons (Fsp3) is 0.231. The van der Waals surface area contributed by atoms with Gasteiger partial charge >= 0.3 is 0 Å². The minimum atomic E-state index is -3.70. The van der Waals surface area contributed by atoms with Gasteiger partial charge in [0.1, 0.15) is 4.90 Å². The van der Waals surface area contributed by atoms with Crippen LogP contribution in [0.25, 0.3) is 0 Å². The lowest BCUT2D eigenvalue weighted by Crippen LogP contribution is -2.27. The van der Waals surface area contributed by atoms with Gasteiger partial charge < -0.3 is 0 Å². The fourth-order valence-corrected chi connectivity index (χ4v) is 2.85. The third-order valence-corrected chi connectivity index (χ3v) is 4.86. The van der Waals surface area contributed by atoms with Crippen LogP contribution in [0.15, 0.2) is 41.6 Å². The van der Waals surface area contributed by atoms with Crippen molar-refractivity contribution in [2.75, 3.05) is 16.8 Å². The van der Waals surface area contributed by atoms with Gasteiger partial charge in [0.05, 0.1) is 18.1 Å². The normalized spacial score (nSPS) is 11.2. The molecule has 1 aromatic heterocycles. The Bertz CT molecular complexity index is 698. The summed E-state index contributed by atoms with van der Waals surface area (Å²) in [5, 5.41) is 0. The largest absolute Gasteiger partial charge is 0.292 e. The predicted molar refractivity (Wildman–Crippen MR) is 81.3 cm³/mol. The Kier molecular flexibility index (Phi) is 4.39. The Morgan fingerprint density at radius 2 is 1.76 bits per heavy atom. The minimum absolute atomic E-state index is 0.00330. The van der Waals surface area contributed by atoms with Crippen molar-refractivity contribution in [3.05, 3.63) is 42.2 Å². The van der Waals surface area contributed by atoms with Crippen molar-refractivity contribution >= 4 is 21.7 Å². The van der Waals surface area contributed by atoms with E-state index in [-0.39, 0.29) is 10.8 Å². The van der Waals surface area contributed by atoms with Crippen molar-refractivity contribution in [1.82, 2.24) is 9.97 Å². The first kappa shape index (κ1) is 15.2. The maximum Gasteiger partial charge on any atom is 0.267 e. The van der Waals surface area contributed by atoms with Gasteiger partial charge in [0.2, 0.25) is 5.95 Å². The molecular formula is C13H17N5O2S.